The van der Waals surface area contributed by atoms with Crippen LogP contribution < -0.4 is 10.1 Å². The number of rotatable bonds is 9. The molecule has 2 N–H and O–H groups in total. The number of β-amino-alcohol motifs (C(OH)–C–C–N with tert-alkyl or cyclic N) is 1. The Morgan fingerprint density at radius 3 is 2.73 bits per heavy atom. The van der Waals surface area contributed by atoms with Crippen LogP contribution >= 0.6 is 0 Å². The Morgan fingerprint density at radius 1 is 1.31 bits per heavy atom. The van der Waals surface area contributed by atoms with Crippen LogP contribution in [0.4, 0.5) is 0 Å². The summed E-state index contributed by atoms with van der Waals surface area (Å²) >= 11 is 0. The number of aliphatic hydroxyl groups is 1. The summed E-state index contributed by atoms with van der Waals surface area (Å²) in [5.41, 5.74) is 2.49. The van der Waals surface area contributed by atoms with Crippen molar-refractivity contribution in [3.63, 3.8) is 0 Å². The lowest BCUT2D eigenvalue weighted by Gasteiger charge is -2.28. The van der Waals surface area contributed by atoms with Crippen LogP contribution in [0.1, 0.15) is 37.0 Å². The maximum absolute atomic E-state index is 10.2. The summed E-state index contributed by atoms with van der Waals surface area (Å²) in [6, 6.07) is 14.1. The van der Waals surface area contributed by atoms with E-state index in [0.717, 1.165) is 18.4 Å². The molecule has 0 spiro atoms. The summed E-state index contributed by atoms with van der Waals surface area (Å²) in [5.74, 6) is 0.264. The zero-order chi connectivity index (χ0) is 19.0. The first-order valence-electron chi connectivity index (χ1n) is 8.86. The molecule has 5 nitrogen and oxygen atoms in total. The lowest BCUT2D eigenvalue weighted by molar-refractivity contribution is 0.0957. The van der Waals surface area contributed by atoms with E-state index in [1.165, 1.54) is 5.56 Å². The van der Waals surface area contributed by atoms with Crippen molar-refractivity contribution in [2.24, 2.45) is 0 Å². The summed E-state index contributed by atoms with van der Waals surface area (Å²) in [7, 11) is 0. The number of pyridine rings is 1. The molecule has 2 aromatic rings. The van der Waals surface area contributed by atoms with Gasteiger partial charge in [0.05, 0.1) is 0 Å². The molecule has 0 saturated carbocycles. The zero-order valence-corrected chi connectivity index (χ0v) is 15.7. The Morgan fingerprint density at radius 2 is 2.04 bits per heavy atom. The molecule has 0 bridgehead atoms. The van der Waals surface area contributed by atoms with Crippen LogP contribution in [0.25, 0.3) is 0 Å². The maximum atomic E-state index is 10.2. The standard InChI is InChI=1S/C21H27N3O2/c1-16-11-18(12-22)20(23-13-16)26-15-19(25)14-24-21(2,3)10-9-17-7-5-4-6-8-17/h4-8,11,13,19,24-25H,9-10,14-15H2,1-3H3. The number of nitrogens with zero attached hydrogens (tertiary/aromatic N) is 2. The number of aromatic nitrogens is 1. The number of ether oxygens (including phenoxy) is 1. The van der Waals surface area contributed by atoms with Gasteiger partial charge in [-0.15, -0.1) is 0 Å². The predicted molar refractivity (Wildman–Crippen MR) is 102 cm³/mol. The van der Waals surface area contributed by atoms with Crippen molar-refractivity contribution in [3.8, 4) is 11.9 Å². The molecular formula is C21H27N3O2. The molecule has 2 rings (SSSR count). The third-order valence-corrected chi connectivity index (χ3v) is 4.22. The zero-order valence-electron chi connectivity index (χ0n) is 15.7. The average molecular weight is 353 g/mol. The molecule has 0 amide bonds. The van der Waals surface area contributed by atoms with Crippen LogP contribution in [0.15, 0.2) is 42.6 Å². The second kappa shape index (κ2) is 9.33. The molecule has 0 saturated heterocycles. The third kappa shape index (κ3) is 6.47. The Kier molecular flexibility index (Phi) is 7.14. The second-order valence-corrected chi connectivity index (χ2v) is 7.19. The molecule has 26 heavy (non-hydrogen) atoms. The Labute approximate surface area is 155 Å². The van der Waals surface area contributed by atoms with E-state index in [1.54, 1.807) is 12.3 Å². The van der Waals surface area contributed by atoms with Gasteiger partial charge in [0.25, 0.3) is 0 Å². The number of aliphatic hydroxyl groups excluding tert-OH is 1. The van der Waals surface area contributed by atoms with E-state index in [4.69, 9.17) is 10.00 Å². The molecule has 0 radical (unpaired) electrons. The van der Waals surface area contributed by atoms with Crippen molar-refractivity contribution in [2.75, 3.05) is 13.2 Å². The van der Waals surface area contributed by atoms with E-state index in [-0.39, 0.29) is 18.0 Å². The van der Waals surface area contributed by atoms with Crippen LogP contribution in [-0.4, -0.2) is 34.9 Å². The van der Waals surface area contributed by atoms with Gasteiger partial charge in [-0.25, -0.2) is 4.98 Å². The second-order valence-electron chi connectivity index (χ2n) is 7.19. The number of hydrogen-bond donors (Lipinski definition) is 2. The molecule has 1 aromatic carbocycles. The van der Waals surface area contributed by atoms with Crippen molar-refractivity contribution in [1.82, 2.24) is 10.3 Å². The Balaban J connectivity index is 1.77. The molecule has 0 aliphatic rings. The predicted octanol–water partition coefficient (Wildman–Crippen LogP) is 3.00. The van der Waals surface area contributed by atoms with Gasteiger partial charge in [0.2, 0.25) is 5.88 Å². The maximum Gasteiger partial charge on any atom is 0.231 e. The Bertz CT molecular complexity index is 739. The fourth-order valence-electron chi connectivity index (χ4n) is 2.57. The smallest absolute Gasteiger partial charge is 0.231 e. The van der Waals surface area contributed by atoms with Gasteiger partial charge in [0.1, 0.15) is 24.3 Å². The Hall–Kier alpha value is -2.42. The number of nitrogens with one attached hydrogen (secondary N) is 1. The molecule has 1 aromatic heterocycles. The summed E-state index contributed by atoms with van der Waals surface area (Å²) < 4.78 is 5.52. The molecule has 0 fully saturated rings. The summed E-state index contributed by atoms with van der Waals surface area (Å²) in [6.45, 7) is 6.62. The highest BCUT2D eigenvalue weighted by atomic mass is 16.5. The molecule has 1 unspecified atom stereocenters. The number of aryl methyl sites for hydroxylation is 2. The van der Waals surface area contributed by atoms with Gasteiger partial charge in [0.15, 0.2) is 0 Å². The lowest BCUT2D eigenvalue weighted by Crippen LogP contribution is -2.45. The average Bonchev–Trinajstić information content (AvgIpc) is 2.64. The van der Waals surface area contributed by atoms with Crippen LogP contribution in [0.5, 0.6) is 5.88 Å². The fraction of sp³-hybridized carbons (Fsp3) is 0.429. The van der Waals surface area contributed by atoms with Gasteiger partial charge < -0.3 is 15.2 Å². The van der Waals surface area contributed by atoms with Gasteiger partial charge in [0, 0.05) is 18.3 Å². The lowest BCUT2D eigenvalue weighted by atomic mass is 9.95. The molecule has 1 heterocycles. The first-order chi connectivity index (χ1) is 12.4. The normalized spacial score (nSPS) is 12.4. The molecule has 138 valence electrons. The highest BCUT2D eigenvalue weighted by Crippen LogP contribution is 2.16. The molecule has 5 heteroatoms. The number of nitriles is 1. The SMILES string of the molecule is Cc1cnc(OCC(O)CNC(C)(C)CCc2ccccc2)c(C#N)c1. The van der Waals surface area contributed by atoms with E-state index in [9.17, 15) is 5.11 Å². The minimum Gasteiger partial charge on any atom is -0.474 e. The van der Waals surface area contributed by atoms with E-state index in [2.05, 4.69) is 42.4 Å². The third-order valence-electron chi connectivity index (χ3n) is 4.22. The van der Waals surface area contributed by atoms with Crippen LogP contribution in [0.3, 0.4) is 0 Å². The quantitative estimate of drug-likeness (QED) is 0.724. The summed E-state index contributed by atoms with van der Waals surface area (Å²) in [5, 5.41) is 22.7. The van der Waals surface area contributed by atoms with Crippen molar-refractivity contribution < 1.29 is 9.84 Å². The molecule has 0 aliphatic carbocycles. The monoisotopic (exact) mass is 353 g/mol. The van der Waals surface area contributed by atoms with Gasteiger partial charge >= 0.3 is 0 Å². The highest BCUT2D eigenvalue weighted by molar-refractivity contribution is 5.39. The van der Waals surface area contributed by atoms with Crippen molar-refractivity contribution >= 4 is 0 Å². The minimum atomic E-state index is -0.680. The highest BCUT2D eigenvalue weighted by Gasteiger charge is 2.19. The largest absolute Gasteiger partial charge is 0.474 e. The first kappa shape index (κ1) is 19.9. The molecule has 1 atom stereocenters. The molecule has 0 aliphatic heterocycles. The van der Waals surface area contributed by atoms with Gasteiger partial charge in [-0.3, -0.25) is 0 Å². The van der Waals surface area contributed by atoms with E-state index < -0.39 is 6.10 Å². The van der Waals surface area contributed by atoms with Crippen LogP contribution in [0, 0.1) is 18.3 Å². The van der Waals surface area contributed by atoms with Crippen LogP contribution in [-0.2, 0) is 6.42 Å². The van der Waals surface area contributed by atoms with E-state index in [1.807, 2.05) is 25.1 Å². The number of hydrogen-bond acceptors (Lipinski definition) is 5. The van der Waals surface area contributed by atoms with E-state index in [0.29, 0.717) is 12.1 Å². The fourth-order valence-corrected chi connectivity index (χ4v) is 2.57. The van der Waals surface area contributed by atoms with Gasteiger partial charge in [-0.05, 0) is 50.8 Å². The summed E-state index contributed by atoms with van der Waals surface area (Å²) in [6.07, 6.45) is 2.91. The number of benzene rings is 1. The topological polar surface area (TPSA) is 78.2 Å². The van der Waals surface area contributed by atoms with Crippen molar-refractivity contribution in [3.05, 3.63) is 59.3 Å². The van der Waals surface area contributed by atoms with Crippen LogP contribution in [0.2, 0.25) is 0 Å². The van der Waals surface area contributed by atoms with Gasteiger partial charge in [-0.2, -0.15) is 5.26 Å². The first-order valence-corrected chi connectivity index (χ1v) is 8.86. The van der Waals surface area contributed by atoms with Crippen molar-refractivity contribution in [1.29, 1.82) is 5.26 Å². The molecular weight excluding hydrogens is 326 g/mol. The van der Waals surface area contributed by atoms with Crippen molar-refractivity contribution in [2.45, 2.75) is 45.3 Å². The van der Waals surface area contributed by atoms with E-state index >= 15 is 0 Å². The summed E-state index contributed by atoms with van der Waals surface area (Å²) in [4.78, 5) is 4.12. The van der Waals surface area contributed by atoms with Gasteiger partial charge in [-0.1, -0.05) is 30.3 Å². The minimum absolute atomic E-state index is 0.0898.